The molecule has 2 fully saturated rings. The maximum atomic E-state index is 3.80. The maximum absolute atomic E-state index is 3.80. The second-order valence-electron chi connectivity index (χ2n) is 5.68. The predicted octanol–water partition coefficient (Wildman–Crippen LogP) is 2.94. The molecule has 1 heterocycles. The molecule has 4 unspecified atom stereocenters. The summed E-state index contributed by atoms with van der Waals surface area (Å²) in [5.74, 6) is 0.867. The zero-order valence-electron chi connectivity index (χ0n) is 10.5. The van der Waals surface area contributed by atoms with Crippen LogP contribution in [0.1, 0.15) is 59.3 Å². The number of hydrogen-bond donors (Lipinski definition) is 1. The third-order valence-electron chi connectivity index (χ3n) is 4.37. The Balaban J connectivity index is 1.90. The summed E-state index contributed by atoms with van der Waals surface area (Å²) in [6.07, 6.45) is 8.32. The fraction of sp³-hybridized carbons (Fsp3) is 1.00. The van der Waals surface area contributed by atoms with Gasteiger partial charge in [0, 0.05) is 18.1 Å². The van der Waals surface area contributed by atoms with E-state index >= 15 is 0 Å². The zero-order valence-corrected chi connectivity index (χ0v) is 10.5. The number of rotatable bonds is 2. The molecular formula is C13H26N2. The Morgan fingerprint density at radius 2 is 1.47 bits per heavy atom. The SMILES string of the molecule is CC1CCCC1NN1C(C)CCCC1C. The average molecular weight is 210 g/mol. The van der Waals surface area contributed by atoms with Crippen LogP contribution in [0, 0.1) is 5.92 Å². The lowest BCUT2D eigenvalue weighted by Crippen LogP contribution is -2.55. The Labute approximate surface area is 94.4 Å². The van der Waals surface area contributed by atoms with Gasteiger partial charge in [0.25, 0.3) is 0 Å². The monoisotopic (exact) mass is 210 g/mol. The van der Waals surface area contributed by atoms with Gasteiger partial charge in [0.05, 0.1) is 0 Å². The molecule has 1 saturated carbocycles. The van der Waals surface area contributed by atoms with Gasteiger partial charge >= 0.3 is 0 Å². The fourth-order valence-electron chi connectivity index (χ4n) is 3.20. The summed E-state index contributed by atoms with van der Waals surface area (Å²) in [6.45, 7) is 7.12. The molecule has 88 valence electrons. The van der Waals surface area contributed by atoms with E-state index in [0.717, 1.165) is 24.0 Å². The summed E-state index contributed by atoms with van der Waals surface area (Å²) < 4.78 is 0. The fourth-order valence-corrected chi connectivity index (χ4v) is 3.20. The van der Waals surface area contributed by atoms with E-state index in [1.54, 1.807) is 0 Å². The Morgan fingerprint density at radius 3 is 2.00 bits per heavy atom. The smallest absolute Gasteiger partial charge is 0.0241 e. The largest absolute Gasteiger partial charge is 0.251 e. The topological polar surface area (TPSA) is 15.3 Å². The van der Waals surface area contributed by atoms with Crippen LogP contribution >= 0.6 is 0 Å². The summed E-state index contributed by atoms with van der Waals surface area (Å²) in [5, 5.41) is 2.54. The van der Waals surface area contributed by atoms with Crippen molar-refractivity contribution in [1.29, 1.82) is 0 Å². The quantitative estimate of drug-likeness (QED) is 0.754. The van der Waals surface area contributed by atoms with Crippen LogP contribution in [0.4, 0.5) is 0 Å². The van der Waals surface area contributed by atoms with Gasteiger partial charge < -0.3 is 0 Å². The predicted molar refractivity (Wildman–Crippen MR) is 64.6 cm³/mol. The van der Waals surface area contributed by atoms with Crippen molar-refractivity contribution >= 4 is 0 Å². The van der Waals surface area contributed by atoms with Crippen LogP contribution in [-0.4, -0.2) is 23.1 Å². The third kappa shape index (κ3) is 2.54. The molecule has 0 aromatic heterocycles. The first kappa shape index (κ1) is 11.4. The van der Waals surface area contributed by atoms with Crippen LogP contribution in [0.15, 0.2) is 0 Å². The van der Waals surface area contributed by atoms with E-state index in [2.05, 4.69) is 31.2 Å². The van der Waals surface area contributed by atoms with Gasteiger partial charge in [-0.1, -0.05) is 19.8 Å². The molecule has 0 radical (unpaired) electrons. The minimum Gasteiger partial charge on any atom is -0.251 e. The molecule has 2 rings (SSSR count). The number of piperidine rings is 1. The second kappa shape index (κ2) is 4.84. The first-order valence-corrected chi connectivity index (χ1v) is 6.73. The Morgan fingerprint density at radius 1 is 0.867 bits per heavy atom. The molecular weight excluding hydrogens is 184 g/mol. The van der Waals surface area contributed by atoms with E-state index in [9.17, 15) is 0 Å². The van der Waals surface area contributed by atoms with Gasteiger partial charge in [-0.25, -0.2) is 5.01 Å². The lowest BCUT2D eigenvalue weighted by atomic mass is 9.99. The number of hydrogen-bond acceptors (Lipinski definition) is 2. The third-order valence-corrected chi connectivity index (χ3v) is 4.37. The summed E-state index contributed by atoms with van der Waals surface area (Å²) in [4.78, 5) is 0. The lowest BCUT2D eigenvalue weighted by Gasteiger charge is -2.41. The summed E-state index contributed by atoms with van der Waals surface area (Å²) in [6, 6.07) is 2.19. The minimum atomic E-state index is 0.724. The van der Waals surface area contributed by atoms with E-state index in [-0.39, 0.29) is 0 Å². The summed E-state index contributed by atoms with van der Waals surface area (Å²) in [5.41, 5.74) is 3.80. The Bertz CT molecular complexity index is 195. The van der Waals surface area contributed by atoms with Crippen LogP contribution < -0.4 is 5.43 Å². The van der Waals surface area contributed by atoms with Gasteiger partial charge in [-0.3, -0.25) is 5.43 Å². The van der Waals surface area contributed by atoms with Gasteiger partial charge in [-0.2, -0.15) is 0 Å². The highest BCUT2D eigenvalue weighted by Gasteiger charge is 2.30. The second-order valence-corrected chi connectivity index (χ2v) is 5.68. The van der Waals surface area contributed by atoms with Crippen molar-refractivity contribution in [2.75, 3.05) is 0 Å². The zero-order chi connectivity index (χ0) is 10.8. The van der Waals surface area contributed by atoms with E-state index in [1.165, 1.54) is 38.5 Å². The first-order valence-electron chi connectivity index (χ1n) is 6.73. The molecule has 1 aliphatic carbocycles. The van der Waals surface area contributed by atoms with Crippen molar-refractivity contribution in [2.24, 2.45) is 5.92 Å². The molecule has 0 aromatic carbocycles. The highest BCUT2D eigenvalue weighted by Crippen LogP contribution is 2.27. The molecule has 0 aromatic rings. The summed E-state index contributed by atoms with van der Waals surface area (Å²) >= 11 is 0. The van der Waals surface area contributed by atoms with Crippen LogP contribution in [0.25, 0.3) is 0 Å². The van der Waals surface area contributed by atoms with E-state index in [1.807, 2.05) is 0 Å². The Kier molecular flexibility index (Phi) is 3.68. The highest BCUT2D eigenvalue weighted by molar-refractivity contribution is 4.83. The van der Waals surface area contributed by atoms with Gasteiger partial charge in [0.15, 0.2) is 0 Å². The van der Waals surface area contributed by atoms with Crippen molar-refractivity contribution in [3.8, 4) is 0 Å². The normalized spacial score (nSPS) is 43.4. The van der Waals surface area contributed by atoms with Crippen LogP contribution in [0.2, 0.25) is 0 Å². The van der Waals surface area contributed by atoms with Crippen molar-refractivity contribution in [3.05, 3.63) is 0 Å². The van der Waals surface area contributed by atoms with E-state index < -0.39 is 0 Å². The standard InChI is InChI=1S/C13H26N2/c1-10-6-4-9-13(10)14-15-11(2)7-5-8-12(15)3/h10-14H,4-9H2,1-3H3. The van der Waals surface area contributed by atoms with Crippen LogP contribution in [-0.2, 0) is 0 Å². The Hall–Kier alpha value is -0.0800. The molecule has 2 nitrogen and oxygen atoms in total. The lowest BCUT2D eigenvalue weighted by molar-refractivity contribution is 0.0240. The number of nitrogens with zero attached hydrogens (tertiary/aromatic N) is 1. The molecule has 1 aliphatic heterocycles. The molecule has 0 amide bonds. The van der Waals surface area contributed by atoms with Crippen LogP contribution in [0.3, 0.4) is 0 Å². The van der Waals surface area contributed by atoms with Gasteiger partial charge in [0.2, 0.25) is 0 Å². The molecule has 0 bridgehead atoms. The van der Waals surface area contributed by atoms with Crippen molar-refractivity contribution in [1.82, 2.24) is 10.4 Å². The number of hydrazine groups is 1. The molecule has 4 atom stereocenters. The molecule has 15 heavy (non-hydrogen) atoms. The van der Waals surface area contributed by atoms with Gasteiger partial charge in [-0.15, -0.1) is 0 Å². The van der Waals surface area contributed by atoms with E-state index in [0.29, 0.717) is 0 Å². The van der Waals surface area contributed by atoms with Crippen LogP contribution in [0.5, 0.6) is 0 Å². The van der Waals surface area contributed by atoms with Gasteiger partial charge in [-0.05, 0) is 45.4 Å². The maximum Gasteiger partial charge on any atom is 0.0241 e. The highest BCUT2D eigenvalue weighted by atomic mass is 15.5. The molecule has 1 N–H and O–H groups in total. The molecule has 2 aliphatic rings. The first-order chi connectivity index (χ1) is 7.18. The number of nitrogens with one attached hydrogen (secondary N) is 1. The minimum absolute atomic E-state index is 0.724. The summed E-state index contributed by atoms with van der Waals surface area (Å²) in [7, 11) is 0. The molecule has 2 heteroatoms. The van der Waals surface area contributed by atoms with Gasteiger partial charge in [0.1, 0.15) is 0 Å². The van der Waals surface area contributed by atoms with Crippen molar-refractivity contribution in [2.45, 2.75) is 77.4 Å². The van der Waals surface area contributed by atoms with E-state index in [4.69, 9.17) is 0 Å². The molecule has 1 saturated heterocycles. The molecule has 0 spiro atoms. The van der Waals surface area contributed by atoms with Crippen molar-refractivity contribution < 1.29 is 0 Å². The van der Waals surface area contributed by atoms with Crippen molar-refractivity contribution in [3.63, 3.8) is 0 Å². The average Bonchev–Trinajstić information content (AvgIpc) is 2.58.